The fraction of sp³-hybridized carbons (Fsp3) is 0.444. The van der Waals surface area contributed by atoms with Crippen LogP contribution >= 0.6 is 15.9 Å². The summed E-state index contributed by atoms with van der Waals surface area (Å²) in [6.07, 6.45) is 3.80. The number of ether oxygens (including phenoxy) is 1. The highest BCUT2D eigenvalue weighted by molar-refractivity contribution is 9.10. The summed E-state index contributed by atoms with van der Waals surface area (Å²) in [5, 5.41) is 0. The number of hydrogen-bond donors (Lipinski definition) is 0. The van der Waals surface area contributed by atoms with Crippen LogP contribution in [0.1, 0.15) is 6.92 Å². The van der Waals surface area contributed by atoms with Gasteiger partial charge in [-0.2, -0.15) is 8.42 Å². The van der Waals surface area contributed by atoms with Gasteiger partial charge in [0.2, 0.25) is 0 Å². The molecule has 1 rings (SSSR count). The van der Waals surface area contributed by atoms with Crippen molar-refractivity contribution in [2.45, 2.75) is 13.0 Å². The Bertz CT molecular complexity index is 449. The molecule has 0 aliphatic heterocycles. The fourth-order valence-corrected chi connectivity index (χ4v) is 1.73. The summed E-state index contributed by atoms with van der Waals surface area (Å²) >= 11 is 3.25. The Hall–Kier alpha value is -0.660. The lowest BCUT2D eigenvalue weighted by atomic mass is 10.4. The van der Waals surface area contributed by atoms with Gasteiger partial charge in [-0.25, -0.2) is 0 Å². The molecule has 0 amide bonds. The summed E-state index contributed by atoms with van der Waals surface area (Å²) < 4.78 is 32.3. The summed E-state index contributed by atoms with van der Waals surface area (Å²) in [7, 11) is -3.42. The van der Waals surface area contributed by atoms with E-state index in [0.29, 0.717) is 5.75 Å². The topological polar surface area (TPSA) is 65.5 Å². The zero-order chi connectivity index (χ0) is 12.2. The second kappa shape index (κ2) is 5.60. The number of hydrogen-bond acceptors (Lipinski definition) is 5. The molecule has 0 saturated carbocycles. The van der Waals surface area contributed by atoms with Crippen LogP contribution in [0.15, 0.2) is 22.9 Å². The predicted molar refractivity (Wildman–Crippen MR) is 62.8 cm³/mol. The van der Waals surface area contributed by atoms with Crippen molar-refractivity contribution < 1.29 is 17.3 Å². The zero-order valence-corrected chi connectivity index (χ0v) is 11.3. The first-order valence-corrected chi connectivity index (χ1v) is 7.09. The van der Waals surface area contributed by atoms with Crippen molar-refractivity contribution in [3.63, 3.8) is 0 Å². The minimum Gasteiger partial charge on any atom is -0.487 e. The van der Waals surface area contributed by atoms with Crippen LogP contribution in [0.3, 0.4) is 0 Å². The van der Waals surface area contributed by atoms with Crippen LogP contribution in [-0.4, -0.2) is 32.4 Å². The molecule has 0 fully saturated rings. The van der Waals surface area contributed by atoms with Crippen molar-refractivity contribution in [2.75, 3.05) is 12.9 Å². The lowest BCUT2D eigenvalue weighted by Gasteiger charge is -2.13. The third-order valence-corrected chi connectivity index (χ3v) is 2.53. The highest BCUT2D eigenvalue weighted by Crippen LogP contribution is 2.17. The first-order valence-electron chi connectivity index (χ1n) is 4.48. The van der Waals surface area contributed by atoms with E-state index in [4.69, 9.17) is 4.74 Å². The zero-order valence-electron chi connectivity index (χ0n) is 8.88. The van der Waals surface area contributed by atoms with E-state index in [0.717, 1.165) is 10.7 Å². The van der Waals surface area contributed by atoms with Crippen molar-refractivity contribution in [1.82, 2.24) is 4.98 Å². The van der Waals surface area contributed by atoms with Crippen LogP contribution in [0.25, 0.3) is 0 Å². The molecule has 7 heteroatoms. The Morgan fingerprint density at radius 3 is 2.75 bits per heavy atom. The summed E-state index contributed by atoms with van der Waals surface area (Å²) in [4.78, 5) is 3.92. The van der Waals surface area contributed by atoms with Gasteiger partial charge in [0.15, 0.2) is 0 Å². The molecule has 16 heavy (non-hydrogen) atoms. The standard InChI is InChI=1S/C9H12BrNO4S/c1-7(6-14-16(2,12)13)15-9-3-8(10)4-11-5-9/h3-5,7H,6H2,1-2H3. The van der Waals surface area contributed by atoms with Gasteiger partial charge in [0.1, 0.15) is 18.5 Å². The quantitative estimate of drug-likeness (QED) is 0.773. The predicted octanol–water partition coefficient (Wildman–Crippen LogP) is 1.59. The van der Waals surface area contributed by atoms with Crippen molar-refractivity contribution in [2.24, 2.45) is 0 Å². The van der Waals surface area contributed by atoms with Crippen molar-refractivity contribution >= 4 is 26.0 Å². The Morgan fingerprint density at radius 1 is 1.50 bits per heavy atom. The van der Waals surface area contributed by atoms with Gasteiger partial charge in [0.05, 0.1) is 12.5 Å². The van der Waals surface area contributed by atoms with Gasteiger partial charge < -0.3 is 4.74 Å². The third kappa shape index (κ3) is 5.43. The number of aromatic nitrogens is 1. The normalized spacial score (nSPS) is 13.4. The molecule has 0 aliphatic rings. The second-order valence-corrected chi connectivity index (χ2v) is 5.82. The first kappa shape index (κ1) is 13.4. The SMILES string of the molecule is CC(COS(C)(=O)=O)Oc1cncc(Br)c1. The Morgan fingerprint density at radius 2 is 2.19 bits per heavy atom. The fourth-order valence-electron chi connectivity index (χ4n) is 0.943. The average molecular weight is 310 g/mol. The van der Waals surface area contributed by atoms with Gasteiger partial charge in [-0.3, -0.25) is 9.17 Å². The molecule has 0 radical (unpaired) electrons. The molecule has 1 heterocycles. The molecule has 1 atom stereocenters. The number of rotatable bonds is 5. The molecule has 0 spiro atoms. The highest BCUT2D eigenvalue weighted by atomic mass is 79.9. The third-order valence-electron chi connectivity index (χ3n) is 1.53. The largest absolute Gasteiger partial charge is 0.487 e. The van der Waals surface area contributed by atoms with E-state index in [9.17, 15) is 8.42 Å². The van der Waals surface area contributed by atoms with Gasteiger partial charge >= 0.3 is 0 Å². The molecule has 1 aromatic rings. The molecule has 0 aliphatic carbocycles. The lowest BCUT2D eigenvalue weighted by Crippen LogP contribution is -2.21. The van der Waals surface area contributed by atoms with Gasteiger partial charge in [-0.05, 0) is 28.9 Å². The van der Waals surface area contributed by atoms with E-state index >= 15 is 0 Å². The van der Waals surface area contributed by atoms with E-state index in [-0.39, 0.29) is 12.7 Å². The number of nitrogens with zero attached hydrogens (tertiary/aromatic N) is 1. The van der Waals surface area contributed by atoms with Crippen LogP contribution in [0.4, 0.5) is 0 Å². The second-order valence-electron chi connectivity index (χ2n) is 3.26. The number of halogens is 1. The molecule has 1 unspecified atom stereocenters. The molecule has 0 saturated heterocycles. The maximum Gasteiger partial charge on any atom is 0.264 e. The van der Waals surface area contributed by atoms with Crippen molar-refractivity contribution in [3.8, 4) is 5.75 Å². The Labute approximate surface area is 103 Å². The number of pyridine rings is 1. The maximum atomic E-state index is 10.7. The summed E-state index contributed by atoms with van der Waals surface area (Å²) in [5.41, 5.74) is 0. The van der Waals surface area contributed by atoms with Crippen LogP contribution in [0, 0.1) is 0 Å². The van der Waals surface area contributed by atoms with Crippen molar-refractivity contribution in [3.05, 3.63) is 22.9 Å². The molecule has 5 nitrogen and oxygen atoms in total. The Kier molecular flexibility index (Phi) is 4.69. The summed E-state index contributed by atoms with van der Waals surface area (Å²) in [5.74, 6) is 0.555. The molecular weight excluding hydrogens is 298 g/mol. The smallest absolute Gasteiger partial charge is 0.264 e. The van der Waals surface area contributed by atoms with Gasteiger partial charge in [0.25, 0.3) is 10.1 Å². The van der Waals surface area contributed by atoms with Crippen LogP contribution in [0.5, 0.6) is 5.75 Å². The van der Waals surface area contributed by atoms with E-state index in [1.165, 1.54) is 0 Å². The van der Waals surface area contributed by atoms with E-state index in [1.54, 1.807) is 25.4 Å². The van der Waals surface area contributed by atoms with E-state index < -0.39 is 10.1 Å². The lowest BCUT2D eigenvalue weighted by molar-refractivity contribution is 0.147. The monoisotopic (exact) mass is 309 g/mol. The Balaban J connectivity index is 2.49. The maximum absolute atomic E-state index is 10.7. The summed E-state index contributed by atoms with van der Waals surface area (Å²) in [6.45, 7) is 1.69. The minimum atomic E-state index is -3.42. The van der Waals surface area contributed by atoms with Gasteiger partial charge in [0, 0.05) is 10.7 Å². The van der Waals surface area contributed by atoms with E-state index in [1.807, 2.05) is 0 Å². The van der Waals surface area contributed by atoms with Crippen LogP contribution in [0.2, 0.25) is 0 Å². The van der Waals surface area contributed by atoms with Crippen LogP contribution < -0.4 is 4.74 Å². The molecule has 0 bridgehead atoms. The molecule has 0 N–H and O–H groups in total. The molecule has 90 valence electrons. The van der Waals surface area contributed by atoms with Crippen LogP contribution in [-0.2, 0) is 14.3 Å². The molecule has 1 aromatic heterocycles. The molecule has 0 aromatic carbocycles. The van der Waals surface area contributed by atoms with Gasteiger partial charge in [-0.15, -0.1) is 0 Å². The van der Waals surface area contributed by atoms with Crippen molar-refractivity contribution in [1.29, 1.82) is 0 Å². The van der Waals surface area contributed by atoms with Gasteiger partial charge in [-0.1, -0.05) is 0 Å². The van der Waals surface area contributed by atoms with E-state index in [2.05, 4.69) is 25.1 Å². The molecular formula is C9H12BrNO4S. The minimum absolute atomic E-state index is 0.0225. The highest BCUT2D eigenvalue weighted by Gasteiger charge is 2.09. The summed E-state index contributed by atoms with van der Waals surface area (Å²) in [6, 6.07) is 1.74. The first-order chi connectivity index (χ1) is 7.37. The average Bonchev–Trinajstić information content (AvgIpc) is 2.14.